The Hall–Kier alpha value is -4.30. The predicted octanol–water partition coefficient (Wildman–Crippen LogP) is 7.77. The van der Waals surface area contributed by atoms with Crippen LogP contribution in [0.5, 0.6) is 0 Å². The molecule has 2 nitrogen and oxygen atoms in total. The number of hydrogen-bond donors (Lipinski definition) is 0. The summed E-state index contributed by atoms with van der Waals surface area (Å²) in [4.78, 5) is 0. The molecule has 2 heteroatoms. The van der Waals surface area contributed by atoms with E-state index in [-0.39, 0.29) is 0 Å². The Morgan fingerprint density at radius 2 is 1.55 bits per heavy atom. The van der Waals surface area contributed by atoms with Crippen LogP contribution in [0.2, 0.25) is 0 Å². The largest absolute Gasteiger partial charge is 0.286 e. The molecule has 6 rings (SSSR count). The Labute approximate surface area is 193 Å². The number of rotatable bonds is 3. The summed E-state index contributed by atoms with van der Waals surface area (Å²) in [5.41, 5.74) is 8.76. The number of nitrogens with zero attached hydrogens (tertiary/aromatic N) is 1. The molecule has 4 aromatic carbocycles. The highest BCUT2D eigenvalue weighted by molar-refractivity contribution is 6.08. The number of allylic oxidation sites excluding steroid dienone is 2. The van der Waals surface area contributed by atoms with Gasteiger partial charge in [-0.2, -0.15) is 0 Å². The standard InChI is InChI=1S/C31H23NO/c1-21-13-15-26-27-19-24(22-9-5-3-6-10-22)14-16-29(27)33-31(26)30(21)28-20-25(17-18-32(28)2)23-11-7-4-8-12-23/h3-20H,2H2,1H3. The number of fused-ring (bicyclic) bond motifs is 3. The molecule has 5 aromatic rings. The minimum atomic E-state index is 0.895. The van der Waals surface area contributed by atoms with Gasteiger partial charge in [0.15, 0.2) is 6.04 Å². The van der Waals surface area contributed by atoms with Crippen LogP contribution in [0.1, 0.15) is 16.7 Å². The molecule has 0 amide bonds. The van der Waals surface area contributed by atoms with Crippen LogP contribution in [-0.2, 0) is 0 Å². The van der Waals surface area contributed by atoms with Gasteiger partial charge in [-0.25, -0.2) is 0 Å². The molecule has 0 saturated heterocycles. The maximum atomic E-state index is 6.47. The van der Waals surface area contributed by atoms with Crippen molar-refractivity contribution in [1.82, 2.24) is 0 Å². The summed E-state index contributed by atoms with van der Waals surface area (Å²) in [5.74, 6) is 0. The quantitative estimate of drug-likeness (QED) is 0.164. The summed E-state index contributed by atoms with van der Waals surface area (Å²) in [6, 6.07) is 32.7. The van der Waals surface area contributed by atoms with Crippen LogP contribution in [0.25, 0.3) is 38.6 Å². The molecule has 158 valence electrons. The van der Waals surface area contributed by atoms with Crippen molar-refractivity contribution in [3.05, 3.63) is 132 Å². The van der Waals surface area contributed by atoms with E-state index >= 15 is 0 Å². The summed E-state index contributed by atoms with van der Waals surface area (Å²) in [5, 5.41) is 2.25. The average Bonchev–Trinajstić information content (AvgIpc) is 3.23. The van der Waals surface area contributed by atoms with Gasteiger partial charge in [-0.05, 0) is 40.1 Å². The molecule has 0 bridgehead atoms. The molecule has 0 unspecified atom stereocenters. The summed E-state index contributed by atoms with van der Waals surface area (Å²) in [7, 11) is 0. The van der Waals surface area contributed by atoms with Crippen LogP contribution in [0.15, 0.2) is 114 Å². The number of aryl methyl sites for hydroxylation is 1. The summed E-state index contributed by atoms with van der Waals surface area (Å²) in [6.45, 7) is 6.39. The van der Waals surface area contributed by atoms with Gasteiger partial charge in [-0.1, -0.05) is 96.4 Å². The predicted molar refractivity (Wildman–Crippen MR) is 137 cm³/mol. The van der Waals surface area contributed by atoms with E-state index in [4.69, 9.17) is 4.42 Å². The van der Waals surface area contributed by atoms with Crippen molar-refractivity contribution in [2.24, 2.45) is 0 Å². The van der Waals surface area contributed by atoms with Gasteiger partial charge in [0.25, 0.3) is 11.2 Å². The van der Waals surface area contributed by atoms with Crippen LogP contribution < -0.4 is 0 Å². The van der Waals surface area contributed by atoms with Crippen LogP contribution in [0.3, 0.4) is 0 Å². The van der Waals surface area contributed by atoms with E-state index in [1.54, 1.807) is 0 Å². The number of hydrogen-bond acceptors (Lipinski definition) is 0. The molecular formula is C31H23NO. The fourth-order valence-corrected chi connectivity index (χ4v) is 4.62. The number of furan rings is 1. The highest BCUT2D eigenvalue weighted by Gasteiger charge is 2.27. The minimum Gasteiger partial charge on any atom is -0.286 e. The lowest BCUT2D eigenvalue weighted by atomic mass is 9.92. The van der Waals surface area contributed by atoms with E-state index < -0.39 is 0 Å². The van der Waals surface area contributed by atoms with Crippen molar-refractivity contribution in [3.63, 3.8) is 0 Å². The molecule has 0 aliphatic carbocycles. The number of benzene rings is 4. The molecule has 0 atom stereocenters. The SMILES string of the molecule is C=[N+]1C=CC(c2ccccc2)=C[C-]1c1c(C)ccc2c1[o+][c-]1ccc(-c3ccccc3)cc21. The molecule has 0 fully saturated rings. The maximum Gasteiger partial charge on any atom is 0.278 e. The Morgan fingerprint density at radius 3 is 2.30 bits per heavy atom. The third-order valence-electron chi connectivity index (χ3n) is 6.35. The molecule has 0 radical (unpaired) electrons. The van der Waals surface area contributed by atoms with Gasteiger partial charge in [0.1, 0.15) is 6.20 Å². The zero-order chi connectivity index (χ0) is 22.4. The highest BCUT2D eigenvalue weighted by atomic mass is 16.3. The Morgan fingerprint density at radius 1 is 0.818 bits per heavy atom. The van der Waals surface area contributed by atoms with Crippen molar-refractivity contribution in [2.45, 2.75) is 6.92 Å². The Kier molecular flexibility index (Phi) is 4.51. The lowest BCUT2D eigenvalue weighted by Gasteiger charge is -2.20. The van der Waals surface area contributed by atoms with Gasteiger partial charge in [0.2, 0.25) is 0 Å². The molecule has 1 aliphatic rings. The van der Waals surface area contributed by atoms with Gasteiger partial charge >= 0.3 is 0 Å². The van der Waals surface area contributed by atoms with Crippen LogP contribution in [-0.4, -0.2) is 11.3 Å². The van der Waals surface area contributed by atoms with Crippen molar-refractivity contribution in [3.8, 4) is 11.1 Å². The summed E-state index contributed by atoms with van der Waals surface area (Å²) in [6.07, 6.45) is 6.32. The monoisotopic (exact) mass is 425 g/mol. The Balaban J connectivity index is 1.54. The molecule has 1 aliphatic heterocycles. The maximum absolute atomic E-state index is 6.47. The molecule has 2 heterocycles. The van der Waals surface area contributed by atoms with Crippen molar-refractivity contribution in [1.29, 1.82) is 0 Å². The van der Waals surface area contributed by atoms with Gasteiger partial charge in [0.05, 0.1) is 12.3 Å². The first-order valence-corrected chi connectivity index (χ1v) is 11.1. The van der Waals surface area contributed by atoms with Crippen molar-refractivity contribution >= 4 is 34.2 Å². The molecule has 0 N–H and O–H groups in total. The van der Waals surface area contributed by atoms with Gasteiger partial charge < -0.3 is 0 Å². The molecule has 33 heavy (non-hydrogen) atoms. The topological polar surface area (TPSA) is 14.3 Å². The fourth-order valence-electron chi connectivity index (χ4n) is 4.62. The summed E-state index contributed by atoms with van der Waals surface area (Å²) < 4.78 is 8.40. The van der Waals surface area contributed by atoms with Gasteiger partial charge in [0, 0.05) is 0 Å². The fraction of sp³-hybridized carbons (Fsp3) is 0.0323. The minimum absolute atomic E-state index is 0.895. The second-order valence-corrected chi connectivity index (χ2v) is 8.45. The smallest absolute Gasteiger partial charge is 0.278 e. The first-order chi connectivity index (χ1) is 16.2. The normalized spacial score (nSPS) is 13.7. The average molecular weight is 426 g/mol. The first kappa shape index (κ1) is 19.4. The lowest BCUT2D eigenvalue weighted by Crippen LogP contribution is -2.15. The second kappa shape index (κ2) is 7.68. The van der Waals surface area contributed by atoms with Crippen LogP contribution in [0, 0.1) is 13.0 Å². The molecule has 1 aromatic heterocycles. The van der Waals surface area contributed by atoms with Gasteiger partial charge in [-0.3, -0.25) is 8.99 Å². The summed E-state index contributed by atoms with van der Waals surface area (Å²) >= 11 is 0. The lowest BCUT2D eigenvalue weighted by molar-refractivity contribution is -0.417. The van der Waals surface area contributed by atoms with E-state index in [9.17, 15) is 0 Å². The zero-order valence-corrected chi connectivity index (χ0v) is 18.5. The molecule has 0 spiro atoms. The molecule has 0 saturated carbocycles. The highest BCUT2D eigenvalue weighted by Crippen LogP contribution is 2.39. The van der Waals surface area contributed by atoms with E-state index in [1.165, 1.54) is 16.7 Å². The Bertz CT molecular complexity index is 1570. The van der Waals surface area contributed by atoms with Crippen molar-refractivity contribution < 1.29 is 8.99 Å². The second-order valence-electron chi connectivity index (χ2n) is 8.45. The van der Waals surface area contributed by atoms with Crippen LogP contribution in [0.4, 0.5) is 0 Å². The third-order valence-corrected chi connectivity index (χ3v) is 6.35. The van der Waals surface area contributed by atoms with Crippen LogP contribution >= 0.6 is 0 Å². The van der Waals surface area contributed by atoms with Gasteiger partial charge in [-0.15, -0.1) is 12.1 Å². The van der Waals surface area contributed by atoms with E-state index in [0.717, 1.165) is 44.7 Å². The first-order valence-electron chi connectivity index (χ1n) is 11.1. The molecular weight excluding hydrogens is 402 g/mol. The third kappa shape index (κ3) is 3.28. The van der Waals surface area contributed by atoms with E-state index in [0.29, 0.717) is 0 Å². The van der Waals surface area contributed by atoms with E-state index in [1.807, 2.05) is 22.9 Å². The van der Waals surface area contributed by atoms with Crippen molar-refractivity contribution in [2.75, 3.05) is 0 Å². The van der Waals surface area contributed by atoms with E-state index in [2.05, 4.69) is 105 Å². The zero-order valence-electron chi connectivity index (χ0n) is 18.5.